The molecular formula is C15H21NO. The maximum atomic E-state index is 11.9. The van der Waals surface area contributed by atoms with Crippen LogP contribution in [0.4, 0.5) is 0 Å². The van der Waals surface area contributed by atoms with Crippen LogP contribution in [0.2, 0.25) is 0 Å². The van der Waals surface area contributed by atoms with Crippen molar-refractivity contribution in [1.82, 2.24) is 4.90 Å². The topological polar surface area (TPSA) is 20.3 Å². The molecule has 1 aromatic carbocycles. The van der Waals surface area contributed by atoms with E-state index in [0.717, 1.165) is 38.8 Å². The van der Waals surface area contributed by atoms with Crippen molar-refractivity contribution in [1.29, 1.82) is 0 Å². The quantitative estimate of drug-likeness (QED) is 0.763. The van der Waals surface area contributed by atoms with E-state index in [-0.39, 0.29) is 0 Å². The summed E-state index contributed by atoms with van der Waals surface area (Å²) in [6.07, 6.45) is 4.20. The number of aryl methyl sites for hydroxylation is 1. The first-order valence-electron chi connectivity index (χ1n) is 6.64. The van der Waals surface area contributed by atoms with Crippen LogP contribution >= 0.6 is 0 Å². The Morgan fingerprint density at radius 2 is 2.06 bits per heavy atom. The van der Waals surface area contributed by atoms with Crippen molar-refractivity contribution in [3.8, 4) is 0 Å². The molecule has 2 nitrogen and oxygen atoms in total. The first-order chi connectivity index (χ1) is 8.31. The van der Waals surface area contributed by atoms with E-state index in [2.05, 4.69) is 31.2 Å². The van der Waals surface area contributed by atoms with Crippen molar-refractivity contribution in [2.75, 3.05) is 13.1 Å². The van der Waals surface area contributed by atoms with E-state index in [1.165, 1.54) is 5.56 Å². The maximum absolute atomic E-state index is 11.9. The van der Waals surface area contributed by atoms with Crippen molar-refractivity contribution in [2.45, 2.75) is 32.6 Å². The van der Waals surface area contributed by atoms with Gasteiger partial charge in [-0.3, -0.25) is 4.79 Å². The van der Waals surface area contributed by atoms with Crippen molar-refractivity contribution >= 4 is 5.91 Å². The first kappa shape index (κ1) is 12.2. The summed E-state index contributed by atoms with van der Waals surface area (Å²) in [7, 11) is 0. The van der Waals surface area contributed by atoms with Gasteiger partial charge in [0.2, 0.25) is 5.91 Å². The van der Waals surface area contributed by atoms with Gasteiger partial charge in [-0.25, -0.2) is 0 Å². The molecular weight excluding hydrogens is 210 g/mol. The Morgan fingerprint density at radius 1 is 1.29 bits per heavy atom. The van der Waals surface area contributed by atoms with Crippen molar-refractivity contribution in [3.05, 3.63) is 35.9 Å². The number of carbonyl (C=O) groups excluding carboxylic acids is 1. The molecule has 0 bridgehead atoms. The molecule has 92 valence electrons. The van der Waals surface area contributed by atoms with Gasteiger partial charge in [-0.2, -0.15) is 0 Å². The predicted molar refractivity (Wildman–Crippen MR) is 69.7 cm³/mol. The normalized spacial score (nSPS) is 19.9. The van der Waals surface area contributed by atoms with Crippen LogP contribution in [0.1, 0.15) is 31.7 Å². The highest BCUT2D eigenvalue weighted by molar-refractivity contribution is 5.80. The number of likely N-dealkylation sites (tertiary alicyclic amines) is 1. The molecule has 1 saturated heterocycles. The number of hydrogen-bond donors (Lipinski definition) is 0. The summed E-state index contributed by atoms with van der Waals surface area (Å²) in [6.45, 7) is 3.99. The van der Waals surface area contributed by atoms with Crippen LogP contribution in [-0.4, -0.2) is 23.9 Å². The summed E-state index contributed by atoms with van der Waals surface area (Å²) < 4.78 is 0. The number of rotatable bonds is 5. The minimum Gasteiger partial charge on any atom is -0.342 e. The standard InChI is InChI=1S/C15H21NO/c1-2-14-10-12-16(15(14)17)11-6-9-13-7-4-3-5-8-13/h3-5,7-8,14H,2,6,9-12H2,1H3. The molecule has 0 aromatic heterocycles. The SMILES string of the molecule is CCC1CCN(CCCc2ccccc2)C1=O. The molecule has 1 aromatic rings. The molecule has 2 heteroatoms. The van der Waals surface area contributed by atoms with E-state index < -0.39 is 0 Å². The largest absolute Gasteiger partial charge is 0.342 e. The third-order valence-electron chi connectivity index (χ3n) is 3.64. The minimum absolute atomic E-state index is 0.298. The second-order valence-corrected chi connectivity index (χ2v) is 4.81. The maximum Gasteiger partial charge on any atom is 0.225 e. The van der Waals surface area contributed by atoms with Crippen molar-refractivity contribution in [3.63, 3.8) is 0 Å². The third-order valence-corrected chi connectivity index (χ3v) is 3.64. The molecule has 2 rings (SSSR count). The lowest BCUT2D eigenvalue weighted by Gasteiger charge is -2.16. The molecule has 17 heavy (non-hydrogen) atoms. The third kappa shape index (κ3) is 3.09. The average molecular weight is 231 g/mol. The monoisotopic (exact) mass is 231 g/mol. The van der Waals surface area contributed by atoms with Gasteiger partial charge in [0.1, 0.15) is 0 Å². The fraction of sp³-hybridized carbons (Fsp3) is 0.533. The number of nitrogens with zero attached hydrogens (tertiary/aromatic N) is 1. The Labute approximate surface area is 104 Å². The Balaban J connectivity index is 1.75. The molecule has 1 amide bonds. The number of carbonyl (C=O) groups is 1. The fourth-order valence-electron chi connectivity index (χ4n) is 2.52. The Morgan fingerprint density at radius 3 is 2.71 bits per heavy atom. The smallest absolute Gasteiger partial charge is 0.225 e. The second kappa shape index (κ2) is 5.85. The zero-order valence-corrected chi connectivity index (χ0v) is 10.6. The molecule has 1 aliphatic rings. The van der Waals surface area contributed by atoms with Gasteiger partial charge < -0.3 is 4.90 Å². The second-order valence-electron chi connectivity index (χ2n) is 4.81. The fourth-order valence-corrected chi connectivity index (χ4v) is 2.52. The van der Waals surface area contributed by atoms with E-state index in [9.17, 15) is 4.79 Å². The molecule has 0 spiro atoms. The molecule has 1 fully saturated rings. The van der Waals surface area contributed by atoms with Gasteiger partial charge in [0.05, 0.1) is 0 Å². The average Bonchev–Trinajstić information content (AvgIpc) is 2.72. The first-order valence-corrected chi connectivity index (χ1v) is 6.64. The highest BCUT2D eigenvalue weighted by atomic mass is 16.2. The van der Waals surface area contributed by atoms with E-state index in [1.807, 2.05) is 11.0 Å². The van der Waals surface area contributed by atoms with Crippen LogP contribution < -0.4 is 0 Å². The molecule has 1 aliphatic heterocycles. The van der Waals surface area contributed by atoms with Gasteiger partial charge in [-0.1, -0.05) is 37.3 Å². The van der Waals surface area contributed by atoms with Gasteiger partial charge in [0.15, 0.2) is 0 Å². The Hall–Kier alpha value is -1.31. The van der Waals surface area contributed by atoms with Gasteiger partial charge in [-0.15, -0.1) is 0 Å². The van der Waals surface area contributed by atoms with Gasteiger partial charge in [0.25, 0.3) is 0 Å². The van der Waals surface area contributed by atoms with Crippen LogP contribution in [-0.2, 0) is 11.2 Å². The molecule has 1 atom stereocenters. The van der Waals surface area contributed by atoms with Gasteiger partial charge >= 0.3 is 0 Å². The zero-order chi connectivity index (χ0) is 12.1. The molecule has 1 heterocycles. The lowest BCUT2D eigenvalue weighted by molar-refractivity contribution is -0.131. The van der Waals surface area contributed by atoms with Crippen LogP contribution in [0.25, 0.3) is 0 Å². The summed E-state index contributed by atoms with van der Waals surface area (Å²) in [5, 5.41) is 0. The van der Waals surface area contributed by atoms with Crippen LogP contribution in [0.15, 0.2) is 30.3 Å². The summed E-state index contributed by atoms with van der Waals surface area (Å²) >= 11 is 0. The van der Waals surface area contributed by atoms with Crippen molar-refractivity contribution in [2.24, 2.45) is 5.92 Å². The van der Waals surface area contributed by atoms with Crippen molar-refractivity contribution < 1.29 is 4.79 Å². The zero-order valence-electron chi connectivity index (χ0n) is 10.6. The summed E-state index contributed by atoms with van der Waals surface area (Å²) in [5.41, 5.74) is 1.37. The van der Waals surface area contributed by atoms with Crippen LogP contribution in [0, 0.1) is 5.92 Å². The van der Waals surface area contributed by atoms with Crippen LogP contribution in [0.5, 0.6) is 0 Å². The van der Waals surface area contributed by atoms with E-state index in [1.54, 1.807) is 0 Å². The summed E-state index contributed by atoms with van der Waals surface area (Å²) in [6, 6.07) is 10.5. The predicted octanol–water partition coefficient (Wildman–Crippen LogP) is 2.88. The lowest BCUT2D eigenvalue weighted by Crippen LogP contribution is -2.28. The van der Waals surface area contributed by atoms with Crippen LogP contribution in [0.3, 0.4) is 0 Å². The van der Waals surface area contributed by atoms with Gasteiger partial charge in [-0.05, 0) is 31.2 Å². The lowest BCUT2D eigenvalue weighted by atomic mass is 10.1. The number of amides is 1. The molecule has 0 aliphatic carbocycles. The molecule has 1 unspecified atom stereocenters. The number of benzene rings is 1. The Bertz CT molecular complexity index is 360. The highest BCUT2D eigenvalue weighted by Crippen LogP contribution is 2.21. The van der Waals surface area contributed by atoms with Gasteiger partial charge in [0, 0.05) is 19.0 Å². The van der Waals surface area contributed by atoms with E-state index in [4.69, 9.17) is 0 Å². The van der Waals surface area contributed by atoms with E-state index in [0.29, 0.717) is 11.8 Å². The molecule has 0 N–H and O–H groups in total. The summed E-state index contributed by atoms with van der Waals surface area (Å²) in [5.74, 6) is 0.673. The minimum atomic E-state index is 0.298. The highest BCUT2D eigenvalue weighted by Gasteiger charge is 2.29. The Kier molecular flexibility index (Phi) is 4.18. The van der Waals surface area contributed by atoms with E-state index >= 15 is 0 Å². The molecule has 0 radical (unpaired) electrons. The summed E-state index contributed by atoms with van der Waals surface area (Å²) in [4.78, 5) is 13.9. The number of hydrogen-bond acceptors (Lipinski definition) is 1. The molecule has 0 saturated carbocycles.